The van der Waals surface area contributed by atoms with Gasteiger partial charge in [-0.15, -0.1) is 0 Å². The van der Waals surface area contributed by atoms with Gasteiger partial charge >= 0.3 is 0 Å². The molecular weight excluding hydrogens is 224 g/mol. The maximum Gasteiger partial charge on any atom is 0.0480 e. The van der Waals surface area contributed by atoms with Crippen LogP contribution in [0.2, 0.25) is 0 Å². The lowest BCUT2D eigenvalue weighted by molar-refractivity contribution is -0.0298. The van der Waals surface area contributed by atoms with Gasteiger partial charge < -0.3 is 10.5 Å². The van der Waals surface area contributed by atoms with Crippen LogP contribution in [0, 0.1) is 5.92 Å². The van der Waals surface area contributed by atoms with E-state index in [1.807, 2.05) is 0 Å². The summed E-state index contributed by atoms with van der Waals surface area (Å²) in [5, 5.41) is 0. The molecule has 3 atom stereocenters. The maximum absolute atomic E-state index is 6.10. The van der Waals surface area contributed by atoms with Crippen LogP contribution in [-0.2, 0) is 4.74 Å². The Morgan fingerprint density at radius 1 is 1.22 bits per heavy atom. The smallest absolute Gasteiger partial charge is 0.0480 e. The Labute approximate surface area is 112 Å². The molecule has 1 aliphatic carbocycles. The number of nitrogens with zero attached hydrogens (tertiary/aromatic N) is 1. The molecule has 0 aromatic carbocycles. The zero-order chi connectivity index (χ0) is 13.0. The molecule has 2 fully saturated rings. The fourth-order valence-electron chi connectivity index (χ4n) is 3.98. The molecular formula is C15H30N2O. The number of hydrogen-bond donors (Lipinski definition) is 1. The third-order valence-corrected chi connectivity index (χ3v) is 5.22. The molecule has 3 heteroatoms. The second-order valence-corrected chi connectivity index (χ2v) is 6.39. The number of nitrogens with two attached hydrogens (primary N) is 1. The maximum atomic E-state index is 6.10. The van der Waals surface area contributed by atoms with E-state index >= 15 is 0 Å². The molecule has 0 bridgehead atoms. The lowest BCUT2D eigenvalue weighted by Gasteiger charge is -2.52. The van der Waals surface area contributed by atoms with E-state index in [0.29, 0.717) is 0 Å². The van der Waals surface area contributed by atoms with Gasteiger partial charge in [0.1, 0.15) is 0 Å². The van der Waals surface area contributed by atoms with E-state index in [-0.39, 0.29) is 5.54 Å². The second-order valence-electron chi connectivity index (χ2n) is 6.39. The van der Waals surface area contributed by atoms with Crippen LogP contribution in [-0.4, -0.2) is 43.3 Å². The average molecular weight is 254 g/mol. The number of ether oxygens (including phenoxy) is 1. The van der Waals surface area contributed by atoms with Gasteiger partial charge in [-0.2, -0.15) is 0 Å². The minimum absolute atomic E-state index is 0.136. The predicted molar refractivity (Wildman–Crippen MR) is 75.6 cm³/mol. The lowest BCUT2D eigenvalue weighted by atomic mass is 9.75. The van der Waals surface area contributed by atoms with Crippen LogP contribution in [0.25, 0.3) is 0 Å². The molecule has 106 valence electrons. The highest BCUT2D eigenvalue weighted by molar-refractivity contribution is 4.97. The van der Waals surface area contributed by atoms with Crippen molar-refractivity contribution < 1.29 is 4.74 Å². The van der Waals surface area contributed by atoms with Crippen LogP contribution in [0.3, 0.4) is 0 Å². The lowest BCUT2D eigenvalue weighted by Crippen LogP contribution is -2.60. The third kappa shape index (κ3) is 2.89. The molecule has 2 N–H and O–H groups in total. The molecule has 1 aliphatic heterocycles. The first-order chi connectivity index (χ1) is 8.71. The van der Waals surface area contributed by atoms with E-state index in [1.165, 1.54) is 45.1 Å². The van der Waals surface area contributed by atoms with Gasteiger partial charge in [0.2, 0.25) is 0 Å². The van der Waals surface area contributed by atoms with Crippen molar-refractivity contribution in [1.82, 2.24) is 4.90 Å². The van der Waals surface area contributed by atoms with Crippen molar-refractivity contribution in [3.63, 3.8) is 0 Å². The first-order valence-corrected chi connectivity index (χ1v) is 7.67. The second kappa shape index (κ2) is 6.36. The standard InChI is InChI=1S/C15H30N2O/c1-15(12-16,9-11-18-2)17-10-5-7-13-6-3-4-8-14(13)17/h13-14H,3-12,16H2,1-2H3/t13-,14-,15?/m1/s1. The fourth-order valence-corrected chi connectivity index (χ4v) is 3.98. The van der Waals surface area contributed by atoms with E-state index in [4.69, 9.17) is 10.5 Å². The number of hydrogen-bond acceptors (Lipinski definition) is 3. The molecule has 0 aromatic rings. The van der Waals surface area contributed by atoms with Crippen molar-refractivity contribution >= 4 is 0 Å². The summed E-state index contributed by atoms with van der Waals surface area (Å²) < 4.78 is 5.28. The monoisotopic (exact) mass is 254 g/mol. The van der Waals surface area contributed by atoms with Gasteiger partial charge in [0.05, 0.1) is 0 Å². The predicted octanol–water partition coefficient (Wildman–Crippen LogP) is 2.39. The van der Waals surface area contributed by atoms with E-state index in [0.717, 1.165) is 31.5 Å². The zero-order valence-electron chi connectivity index (χ0n) is 12.2. The molecule has 2 aliphatic rings. The van der Waals surface area contributed by atoms with Crippen LogP contribution < -0.4 is 5.73 Å². The highest BCUT2D eigenvalue weighted by Gasteiger charge is 2.41. The van der Waals surface area contributed by atoms with Crippen LogP contribution in [0.1, 0.15) is 51.9 Å². The van der Waals surface area contributed by atoms with Crippen LogP contribution >= 0.6 is 0 Å². The molecule has 3 nitrogen and oxygen atoms in total. The summed E-state index contributed by atoms with van der Waals surface area (Å²) in [6.45, 7) is 5.14. The first kappa shape index (κ1) is 14.3. The Hall–Kier alpha value is -0.120. The Morgan fingerprint density at radius 3 is 2.67 bits per heavy atom. The van der Waals surface area contributed by atoms with Crippen LogP contribution in [0.15, 0.2) is 0 Å². The van der Waals surface area contributed by atoms with E-state index in [2.05, 4.69) is 11.8 Å². The molecule has 1 saturated carbocycles. The quantitative estimate of drug-likeness (QED) is 0.819. The van der Waals surface area contributed by atoms with Crippen molar-refractivity contribution in [2.75, 3.05) is 26.8 Å². The normalized spacial score (nSPS) is 32.8. The Balaban J connectivity index is 2.07. The van der Waals surface area contributed by atoms with Gasteiger partial charge in [0.25, 0.3) is 0 Å². The van der Waals surface area contributed by atoms with Crippen LogP contribution in [0.5, 0.6) is 0 Å². The van der Waals surface area contributed by atoms with Crippen LogP contribution in [0.4, 0.5) is 0 Å². The molecule has 0 radical (unpaired) electrons. The Kier molecular flexibility index (Phi) is 5.05. The van der Waals surface area contributed by atoms with Gasteiger partial charge in [0.15, 0.2) is 0 Å². The van der Waals surface area contributed by atoms with Gasteiger partial charge in [-0.1, -0.05) is 12.8 Å². The minimum Gasteiger partial charge on any atom is -0.385 e. The molecule has 0 spiro atoms. The summed E-state index contributed by atoms with van der Waals surface area (Å²) in [5.41, 5.74) is 6.24. The van der Waals surface area contributed by atoms with Gasteiger partial charge in [0, 0.05) is 31.8 Å². The Morgan fingerprint density at radius 2 is 1.94 bits per heavy atom. The molecule has 1 saturated heterocycles. The van der Waals surface area contributed by atoms with Crippen molar-refractivity contribution in [3.8, 4) is 0 Å². The number of rotatable bonds is 5. The van der Waals surface area contributed by atoms with Crippen molar-refractivity contribution in [1.29, 1.82) is 0 Å². The van der Waals surface area contributed by atoms with Gasteiger partial charge in [-0.3, -0.25) is 4.90 Å². The van der Waals surface area contributed by atoms with E-state index in [1.54, 1.807) is 7.11 Å². The SMILES string of the molecule is COCCC(C)(CN)N1CCC[C@H]2CCCC[C@H]21. The summed E-state index contributed by atoms with van der Waals surface area (Å²) in [6, 6.07) is 0.790. The summed E-state index contributed by atoms with van der Waals surface area (Å²) >= 11 is 0. The molecule has 0 aromatic heterocycles. The number of fused-ring (bicyclic) bond motifs is 1. The van der Waals surface area contributed by atoms with Crippen molar-refractivity contribution in [3.05, 3.63) is 0 Å². The van der Waals surface area contributed by atoms with E-state index < -0.39 is 0 Å². The molecule has 2 rings (SSSR count). The average Bonchev–Trinajstić information content (AvgIpc) is 2.44. The summed E-state index contributed by atoms with van der Waals surface area (Å²) in [6.07, 6.45) is 9.51. The first-order valence-electron chi connectivity index (χ1n) is 7.67. The molecule has 1 unspecified atom stereocenters. The zero-order valence-corrected chi connectivity index (χ0v) is 12.2. The summed E-state index contributed by atoms with van der Waals surface area (Å²) in [4.78, 5) is 2.74. The minimum atomic E-state index is 0.136. The fraction of sp³-hybridized carbons (Fsp3) is 1.00. The number of methoxy groups -OCH3 is 1. The number of likely N-dealkylation sites (tertiary alicyclic amines) is 1. The third-order valence-electron chi connectivity index (χ3n) is 5.22. The van der Waals surface area contributed by atoms with Crippen molar-refractivity contribution in [2.24, 2.45) is 11.7 Å². The highest BCUT2D eigenvalue weighted by Crippen LogP contribution is 2.39. The van der Waals surface area contributed by atoms with Gasteiger partial charge in [-0.25, -0.2) is 0 Å². The summed E-state index contributed by atoms with van der Waals surface area (Å²) in [5.74, 6) is 0.931. The van der Waals surface area contributed by atoms with Crippen molar-refractivity contribution in [2.45, 2.75) is 63.5 Å². The molecule has 1 heterocycles. The Bertz CT molecular complexity index is 257. The van der Waals surface area contributed by atoms with Gasteiger partial charge in [-0.05, 0) is 51.5 Å². The topological polar surface area (TPSA) is 38.5 Å². The number of piperidine rings is 1. The largest absolute Gasteiger partial charge is 0.385 e. The molecule has 18 heavy (non-hydrogen) atoms. The molecule has 0 amide bonds. The van der Waals surface area contributed by atoms with E-state index in [9.17, 15) is 0 Å². The highest BCUT2D eigenvalue weighted by atomic mass is 16.5. The summed E-state index contributed by atoms with van der Waals surface area (Å²) in [7, 11) is 1.79.